The van der Waals surface area contributed by atoms with Gasteiger partial charge in [0.25, 0.3) is 0 Å². The van der Waals surface area contributed by atoms with E-state index >= 15 is 0 Å². The number of pyridine rings is 2. The summed E-state index contributed by atoms with van der Waals surface area (Å²) in [7, 11) is -1.27. The Balaban J connectivity index is 1.29. The Bertz CT molecular complexity index is 1540. The number of piperidine rings is 1. The first-order valence-corrected chi connectivity index (χ1v) is 12.3. The number of H-pyrrole nitrogens is 1. The van der Waals surface area contributed by atoms with Crippen molar-refractivity contribution in [1.29, 1.82) is 0 Å². The van der Waals surface area contributed by atoms with Crippen molar-refractivity contribution < 1.29 is 8.60 Å². The van der Waals surface area contributed by atoms with Crippen molar-refractivity contribution >= 4 is 33.1 Å². The number of imidazole rings is 1. The van der Waals surface area contributed by atoms with Crippen LogP contribution in [0.15, 0.2) is 59.9 Å². The van der Waals surface area contributed by atoms with E-state index in [1.807, 2.05) is 46.1 Å². The first-order chi connectivity index (χ1) is 16.6. The van der Waals surface area contributed by atoms with Gasteiger partial charge in [0.1, 0.15) is 22.3 Å². The van der Waals surface area contributed by atoms with Gasteiger partial charge in [0, 0.05) is 42.6 Å². The van der Waals surface area contributed by atoms with Crippen molar-refractivity contribution in [2.24, 2.45) is 0 Å². The molecule has 1 unspecified atom stereocenters. The minimum atomic E-state index is -1.27. The van der Waals surface area contributed by atoms with Crippen LogP contribution in [0.3, 0.4) is 0 Å². The van der Waals surface area contributed by atoms with E-state index in [1.54, 1.807) is 18.5 Å². The maximum absolute atomic E-state index is 14.6. The predicted molar refractivity (Wildman–Crippen MR) is 128 cm³/mol. The van der Waals surface area contributed by atoms with Gasteiger partial charge in [0.2, 0.25) is 0 Å². The number of halogens is 1. The molecule has 0 radical (unpaired) electrons. The van der Waals surface area contributed by atoms with Gasteiger partial charge in [-0.25, -0.2) is 22.9 Å². The molecule has 1 aromatic carbocycles. The van der Waals surface area contributed by atoms with Crippen LogP contribution in [0.5, 0.6) is 0 Å². The lowest BCUT2D eigenvalue weighted by atomic mass is 10.1. The van der Waals surface area contributed by atoms with Crippen LogP contribution >= 0.6 is 0 Å². The lowest BCUT2D eigenvalue weighted by Gasteiger charge is -2.32. The molecular formula is C24H22FN7OS. The molecule has 0 saturated carbocycles. The van der Waals surface area contributed by atoms with E-state index < -0.39 is 16.8 Å². The molecule has 8 nitrogen and oxygen atoms in total. The average molecular weight is 476 g/mol. The zero-order valence-corrected chi connectivity index (χ0v) is 19.3. The lowest BCUT2D eigenvalue weighted by Crippen LogP contribution is -2.36. The predicted octanol–water partition coefficient (Wildman–Crippen LogP) is 4.18. The van der Waals surface area contributed by atoms with Crippen molar-refractivity contribution in [3.05, 3.63) is 66.5 Å². The fourth-order valence-electron chi connectivity index (χ4n) is 4.66. The average Bonchev–Trinajstić information content (AvgIpc) is 3.44. The van der Waals surface area contributed by atoms with Gasteiger partial charge in [-0.2, -0.15) is 5.10 Å². The van der Waals surface area contributed by atoms with E-state index in [9.17, 15) is 8.60 Å². The Kier molecular flexibility index (Phi) is 5.19. The van der Waals surface area contributed by atoms with Crippen molar-refractivity contribution in [2.75, 3.05) is 13.1 Å². The third kappa shape index (κ3) is 3.50. The molecule has 0 aliphatic carbocycles. The van der Waals surface area contributed by atoms with Crippen LogP contribution in [0.25, 0.3) is 33.5 Å². The van der Waals surface area contributed by atoms with Gasteiger partial charge in [-0.3, -0.25) is 10.1 Å². The van der Waals surface area contributed by atoms with Gasteiger partial charge in [-0.05, 0) is 56.2 Å². The summed E-state index contributed by atoms with van der Waals surface area (Å²) in [6.45, 7) is 3.25. The summed E-state index contributed by atoms with van der Waals surface area (Å²) >= 11 is 0. The highest BCUT2D eigenvalue weighted by molar-refractivity contribution is 7.82. The van der Waals surface area contributed by atoms with E-state index in [0.29, 0.717) is 24.5 Å². The lowest BCUT2D eigenvalue weighted by molar-refractivity contribution is 0.287. The van der Waals surface area contributed by atoms with Crippen LogP contribution in [0.2, 0.25) is 0 Å². The summed E-state index contributed by atoms with van der Waals surface area (Å²) in [4.78, 5) is 13.9. The third-order valence-electron chi connectivity index (χ3n) is 6.40. The number of hydrogen-bond acceptors (Lipinski definition) is 5. The number of hydrogen-bond donors (Lipinski definition) is 1. The molecular weight excluding hydrogens is 453 g/mol. The largest absolute Gasteiger partial charge is 0.305 e. The highest BCUT2D eigenvalue weighted by Crippen LogP contribution is 2.34. The van der Waals surface area contributed by atoms with Crippen molar-refractivity contribution in [3.63, 3.8) is 0 Å². The molecule has 5 heterocycles. The highest BCUT2D eigenvalue weighted by atomic mass is 32.2. The molecule has 172 valence electrons. The molecule has 1 aliphatic rings. The Morgan fingerprint density at radius 3 is 2.79 bits per heavy atom. The van der Waals surface area contributed by atoms with Crippen molar-refractivity contribution in [1.82, 2.24) is 34.0 Å². The van der Waals surface area contributed by atoms with Gasteiger partial charge >= 0.3 is 0 Å². The van der Waals surface area contributed by atoms with E-state index in [1.165, 1.54) is 6.20 Å². The van der Waals surface area contributed by atoms with Crippen LogP contribution in [0.4, 0.5) is 4.39 Å². The zero-order chi connectivity index (χ0) is 23.2. The smallest absolute Gasteiger partial charge is 0.160 e. The van der Waals surface area contributed by atoms with Crippen LogP contribution in [-0.4, -0.2) is 51.3 Å². The number of rotatable bonds is 4. The number of benzene rings is 1. The highest BCUT2D eigenvalue weighted by Gasteiger charge is 2.29. The molecule has 5 aromatic rings. The molecule has 4 aromatic heterocycles. The summed E-state index contributed by atoms with van der Waals surface area (Å²) in [5, 5.41) is 8.21. The number of nitrogens with one attached hydrogen (secondary N) is 1. The Labute approximate surface area is 197 Å². The quantitative estimate of drug-likeness (QED) is 0.421. The molecule has 0 bridgehead atoms. The molecule has 1 atom stereocenters. The van der Waals surface area contributed by atoms with Crippen molar-refractivity contribution in [3.8, 4) is 11.4 Å². The standard InChI is InChI=1S/C24H22FN7OS/c1-15-19-13-17(4-5-21(19)30-29-15)34(33)31-11-7-16(8-12-31)32-23(18-6-10-26-14-20(18)25)28-22-3-2-9-27-24(22)32/h2-6,9-10,13-14,16H,7-8,11-12H2,1H3,(H,29,30). The van der Waals surface area contributed by atoms with E-state index in [0.717, 1.165) is 45.5 Å². The number of aromatic nitrogens is 6. The third-order valence-corrected chi connectivity index (χ3v) is 7.89. The maximum Gasteiger partial charge on any atom is 0.160 e. The summed E-state index contributed by atoms with van der Waals surface area (Å²) in [6.07, 6.45) is 6.00. The minimum Gasteiger partial charge on any atom is -0.305 e. The Morgan fingerprint density at radius 1 is 1.12 bits per heavy atom. The maximum atomic E-state index is 14.6. The van der Waals surface area contributed by atoms with E-state index in [-0.39, 0.29) is 6.04 Å². The fraction of sp³-hybridized carbons (Fsp3) is 0.250. The monoisotopic (exact) mass is 475 g/mol. The second kappa shape index (κ2) is 8.37. The van der Waals surface area contributed by atoms with Gasteiger partial charge < -0.3 is 4.57 Å². The van der Waals surface area contributed by atoms with E-state index in [4.69, 9.17) is 4.98 Å². The SMILES string of the molecule is Cc1[nH]nc2ccc(S(=O)N3CCC(n4c(-c5ccncc5F)nc5cccnc54)CC3)cc12. The number of aryl methyl sites for hydroxylation is 1. The van der Waals surface area contributed by atoms with Gasteiger partial charge in [-0.1, -0.05) is 0 Å². The number of fused-ring (bicyclic) bond motifs is 2. The van der Waals surface area contributed by atoms with Crippen LogP contribution in [0.1, 0.15) is 24.6 Å². The summed E-state index contributed by atoms with van der Waals surface area (Å²) in [5.74, 6) is 0.136. The molecule has 6 rings (SSSR count). The summed E-state index contributed by atoms with van der Waals surface area (Å²) < 4.78 is 32.0. The first-order valence-electron chi connectivity index (χ1n) is 11.1. The van der Waals surface area contributed by atoms with Gasteiger partial charge in [-0.15, -0.1) is 0 Å². The number of aromatic amines is 1. The normalized spacial score (nSPS) is 16.4. The molecule has 10 heteroatoms. The van der Waals surface area contributed by atoms with Crippen LogP contribution < -0.4 is 0 Å². The second-order valence-corrected chi connectivity index (χ2v) is 9.93. The first kappa shape index (κ1) is 21.1. The van der Waals surface area contributed by atoms with Crippen molar-refractivity contribution in [2.45, 2.75) is 30.7 Å². The van der Waals surface area contributed by atoms with Gasteiger partial charge in [0.15, 0.2) is 11.5 Å². The minimum absolute atomic E-state index is 0.0642. The summed E-state index contributed by atoms with van der Waals surface area (Å²) in [5.41, 5.74) is 3.69. The second-order valence-electron chi connectivity index (χ2n) is 8.44. The van der Waals surface area contributed by atoms with Crippen LogP contribution in [-0.2, 0) is 11.0 Å². The molecule has 1 N–H and O–H groups in total. The topological polar surface area (TPSA) is 92.6 Å². The molecule has 1 fully saturated rings. The van der Waals surface area contributed by atoms with Gasteiger partial charge in [0.05, 0.1) is 22.2 Å². The molecule has 1 aliphatic heterocycles. The Morgan fingerprint density at radius 2 is 1.97 bits per heavy atom. The van der Waals surface area contributed by atoms with Crippen LogP contribution in [0, 0.1) is 12.7 Å². The van der Waals surface area contributed by atoms with E-state index in [2.05, 4.69) is 20.2 Å². The summed E-state index contributed by atoms with van der Waals surface area (Å²) in [6, 6.07) is 11.2. The molecule has 1 saturated heterocycles. The molecule has 34 heavy (non-hydrogen) atoms. The fourth-order valence-corrected chi connectivity index (χ4v) is 5.91. The zero-order valence-electron chi connectivity index (χ0n) is 18.5. The number of nitrogens with zero attached hydrogens (tertiary/aromatic N) is 6. The molecule has 0 spiro atoms. The Hall–Kier alpha value is -3.50. The molecule has 0 amide bonds.